The molecule has 0 radical (unpaired) electrons. The van der Waals surface area contributed by atoms with Gasteiger partial charge in [-0.25, -0.2) is 8.78 Å². The average molecular weight is 209 g/mol. The van der Waals surface area contributed by atoms with E-state index < -0.39 is 30.6 Å². The van der Waals surface area contributed by atoms with Gasteiger partial charge >= 0.3 is 0 Å². The van der Waals surface area contributed by atoms with Crippen LogP contribution in [0.4, 0.5) is 8.78 Å². The van der Waals surface area contributed by atoms with Crippen molar-refractivity contribution in [3.05, 3.63) is 0 Å². The van der Waals surface area contributed by atoms with Crippen molar-refractivity contribution >= 4 is 5.91 Å². The number of carbonyl (C=O) groups excluding carboxylic acids is 1. The lowest BCUT2D eigenvalue weighted by molar-refractivity contribution is -0.170. The summed E-state index contributed by atoms with van der Waals surface area (Å²) < 4.78 is 25.9. The topological polar surface area (TPSA) is 60.8 Å². The van der Waals surface area contributed by atoms with Crippen molar-refractivity contribution in [3.8, 4) is 0 Å². The fourth-order valence-corrected chi connectivity index (χ4v) is 1.38. The third-order valence-electron chi connectivity index (χ3n) is 2.23. The Morgan fingerprint density at radius 2 is 2.21 bits per heavy atom. The quantitative estimate of drug-likeness (QED) is 0.617. The highest BCUT2D eigenvalue weighted by atomic mass is 19.3. The first-order valence-electron chi connectivity index (χ1n) is 4.37. The highest BCUT2D eigenvalue weighted by Crippen LogP contribution is 2.27. The number of halogens is 2. The number of carbonyl (C=O) groups is 1. The van der Waals surface area contributed by atoms with E-state index in [-0.39, 0.29) is 13.0 Å². The van der Waals surface area contributed by atoms with Crippen LogP contribution in [0.1, 0.15) is 13.3 Å². The largest absolute Gasteiger partial charge is 0.387 e. The predicted octanol–water partition coefficient (Wildman–Crippen LogP) is -0.404. The van der Waals surface area contributed by atoms with Gasteiger partial charge in [0, 0.05) is 6.54 Å². The summed E-state index contributed by atoms with van der Waals surface area (Å²) in [5, 5.41) is 17.8. The van der Waals surface area contributed by atoms with Crippen molar-refractivity contribution in [1.82, 2.24) is 4.90 Å². The molecule has 0 spiro atoms. The van der Waals surface area contributed by atoms with Gasteiger partial charge in [-0.15, -0.1) is 0 Å². The number of nitrogens with zero attached hydrogens (tertiary/aromatic N) is 1. The number of alkyl halides is 2. The van der Waals surface area contributed by atoms with Crippen molar-refractivity contribution in [1.29, 1.82) is 0 Å². The van der Waals surface area contributed by atoms with Crippen LogP contribution in [0, 0.1) is 0 Å². The van der Waals surface area contributed by atoms with Gasteiger partial charge in [0.25, 0.3) is 11.8 Å². The van der Waals surface area contributed by atoms with Crippen molar-refractivity contribution < 1.29 is 23.8 Å². The van der Waals surface area contributed by atoms with Gasteiger partial charge in [-0.3, -0.25) is 4.79 Å². The van der Waals surface area contributed by atoms with Crippen molar-refractivity contribution in [2.75, 3.05) is 13.1 Å². The van der Waals surface area contributed by atoms with E-state index in [1.165, 1.54) is 6.92 Å². The number of hydrogen-bond donors (Lipinski definition) is 2. The molecule has 4 nitrogen and oxygen atoms in total. The van der Waals surface area contributed by atoms with E-state index in [1.807, 2.05) is 0 Å². The summed E-state index contributed by atoms with van der Waals surface area (Å²) in [4.78, 5) is 12.0. The maximum absolute atomic E-state index is 12.9. The highest BCUT2D eigenvalue weighted by molar-refractivity contribution is 5.80. The molecule has 14 heavy (non-hydrogen) atoms. The number of piperidine rings is 1. The third-order valence-corrected chi connectivity index (χ3v) is 2.23. The van der Waals surface area contributed by atoms with Gasteiger partial charge in [0.1, 0.15) is 12.2 Å². The Hall–Kier alpha value is -0.750. The Morgan fingerprint density at radius 3 is 2.64 bits per heavy atom. The molecular weight excluding hydrogens is 196 g/mol. The van der Waals surface area contributed by atoms with Gasteiger partial charge in [0.15, 0.2) is 0 Å². The summed E-state index contributed by atoms with van der Waals surface area (Å²) in [5.74, 6) is -4.00. The summed E-state index contributed by atoms with van der Waals surface area (Å²) in [6.07, 6.45) is -3.13. The maximum Gasteiger partial charge on any atom is 0.290 e. The maximum atomic E-state index is 12.9. The lowest BCUT2D eigenvalue weighted by Crippen LogP contribution is -2.55. The molecule has 2 atom stereocenters. The van der Waals surface area contributed by atoms with Crippen LogP contribution in [0.25, 0.3) is 0 Å². The van der Waals surface area contributed by atoms with E-state index in [9.17, 15) is 13.6 Å². The molecule has 1 aliphatic heterocycles. The highest BCUT2D eigenvalue weighted by Gasteiger charge is 2.45. The second kappa shape index (κ2) is 3.78. The third kappa shape index (κ3) is 2.19. The molecule has 0 saturated carbocycles. The number of rotatable bonds is 1. The lowest BCUT2D eigenvalue weighted by Gasteiger charge is -2.36. The first-order chi connectivity index (χ1) is 6.34. The minimum Gasteiger partial charge on any atom is -0.387 e. The normalized spacial score (nSPS) is 28.6. The molecule has 0 aromatic carbocycles. The van der Waals surface area contributed by atoms with Crippen LogP contribution >= 0.6 is 0 Å². The van der Waals surface area contributed by atoms with Crippen LogP contribution in [-0.4, -0.2) is 52.2 Å². The molecule has 1 heterocycles. The monoisotopic (exact) mass is 209 g/mol. The van der Waals surface area contributed by atoms with E-state index in [1.54, 1.807) is 0 Å². The van der Waals surface area contributed by atoms with Crippen LogP contribution in [0.5, 0.6) is 0 Å². The molecule has 0 bridgehead atoms. The van der Waals surface area contributed by atoms with Crippen LogP contribution in [0.2, 0.25) is 0 Å². The summed E-state index contributed by atoms with van der Waals surface area (Å²) >= 11 is 0. The molecule has 1 unspecified atom stereocenters. The number of amides is 1. The Morgan fingerprint density at radius 1 is 1.64 bits per heavy atom. The van der Waals surface area contributed by atoms with Gasteiger partial charge in [-0.1, -0.05) is 0 Å². The molecule has 82 valence electrons. The zero-order valence-electron chi connectivity index (χ0n) is 7.78. The second-order valence-corrected chi connectivity index (χ2v) is 3.50. The number of likely N-dealkylation sites (tertiary alicyclic amines) is 1. The van der Waals surface area contributed by atoms with Crippen LogP contribution < -0.4 is 0 Å². The van der Waals surface area contributed by atoms with E-state index >= 15 is 0 Å². The summed E-state index contributed by atoms with van der Waals surface area (Å²) in [6.45, 7) is 0.462. The first-order valence-corrected chi connectivity index (χ1v) is 4.37. The fraction of sp³-hybridized carbons (Fsp3) is 0.875. The minimum atomic E-state index is -3.28. The van der Waals surface area contributed by atoms with E-state index in [0.29, 0.717) is 0 Å². The SMILES string of the molecule is C[C@H](O)C(=O)N1CCC(O)C(F)(F)C1. The molecule has 1 saturated heterocycles. The molecule has 0 aromatic heterocycles. The predicted molar refractivity (Wildman–Crippen MR) is 43.8 cm³/mol. The summed E-state index contributed by atoms with van der Waals surface area (Å²) in [6, 6.07) is 0. The van der Waals surface area contributed by atoms with E-state index in [4.69, 9.17) is 10.2 Å². The number of aliphatic hydroxyl groups excluding tert-OH is 2. The van der Waals surface area contributed by atoms with Crippen molar-refractivity contribution in [2.45, 2.75) is 31.5 Å². The van der Waals surface area contributed by atoms with Crippen LogP contribution in [-0.2, 0) is 4.79 Å². The van der Waals surface area contributed by atoms with Gasteiger partial charge < -0.3 is 15.1 Å². The standard InChI is InChI=1S/C8H13F2NO3/c1-5(12)7(14)11-3-2-6(13)8(9,10)4-11/h5-6,12-13H,2-4H2,1H3/t5-,6?/m0/s1. The first kappa shape index (κ1) is 11.3. The molecule has 1 rings (SSSR count). The summed E-state index contributed by atoms with van der Waals surface area (Å²) in [7, 11) is 0. The van der Waals surface area contributed by atoms with Gasteiger partial charge in [0.2, 0.25) is 0 Å². The minimum absolute atomic E-state index is 0.0560. The van der Waals surface area contributed by atoms with Crippen LogP contribution in [0.15, 0.2) is 0 Å². The van der Waals surface area contributed by atoms with Crippen molar-refractivity contribution in [2.24, 2.45) is 0 Å². The zero-order valence-corrected chi connectivity index (χ0v) is 7.78. The smallest absolute Gasteiger partial charge is 0.290 e. The van der Waals surface area contributed by atoms with E-state index in [2.05, 4.69) is 0 Å². The fourth-order valence-electron chi connectivity index (χ4n) is 1.38. The Balaban J connectivity index is 2.64. The van der Waals surface area contributed by atoms with E-state index in [0.717, 1.165) is 4.90 Å². The molecule has 0 aromatic rings. The van der Waals surface area contributed by atoms with Crippen molar-refractivity contribution in [3.63, 3.8) is 0 Å². The molecular formula is C8H13F2NO3. The average Bonchev–Trinajstić information content (AvgIpc) is 2.08. The van der Waals surface area contributed by atoms with Crippen LogP contribution in [0.3, 0.4) is 0 Å². The summed E-state index contributed by atoms with van der Waals surface area (Å²) in [5.41, 5.74) is 0. The van der Waals surface area contributed by atoms with Gasteiger partial charge in [0.05, 0.1) is 6.54 Å². The molecule has 2 N–H and O–H groups in total. The molecule has 0 aliphatic carbocycles. The lowest BCUT2D eigenvalue weighted by atomic mass is 10.0. The zero-order chi connectivity index (χ0) is 10.9. The molecule has 1 fully saturated rings. The van der Waals surface area contributed by atoms with Gasteiger partial charge in [-0.2, -0.15) is 0 Å². The molecule has 6 heteroatoms. The number of aliphatic hydroxyl groups is 2. The molecule has 1 amide bonds. The Kier molecular flexibility index (Phi) is 3.06. The second-order valence-electron chi connectivity index (χ2n) is 3.50. The molecule has 1 aliphatic rings. The van der Waals surface area contributed by atoms with Gasteiger partial charge in [-0.05, 0) is 13.3 Å². The Labute approximate surface area is 80.1 Å². The number of hydrogen-bond acceptors (Lipinski definition) is 3. The Bertz CT molecular complexity index is 233.